The normalized spacial score (nSPS) is 18.8. The number of carbonyl (C=O) groups is 1. The predicted molar refractivity (Wildman–Crippen MR) is 100 cm³/mol. The number of halogens is 1. The van der Waals surface area contributed by atoms with E-state index in [1.807, 2.05) is 0 Å². The molecular formula is C16H17BrN2O4S2. The van der Waals surface area contributed by atoms with Crippen LogP contribution in [0.15, 0.2) is 44.4 Å². The quantitative estimate of drug-likeness (QED) is 0.708. The van der Waals surface area contributed by atoms with Crippen LogP contribution in [0.4, 0.5) is 5.69 Å². The van der Waals surface area contributed by atoms with Crippen molar-refractivity contribution < 1.29 is 18.3 Å². The number of hydrogen-bond donors (Lipinski definition) is 2. The summed E-state index contributed by atoms with van der Waals surface area (Å²) in [6, 6.07) is 9.73. The van der Waals surface area contributed by atoms with Crippen LogP contribution in [-0.4, -0.2) is 36.8 Å². The van der Waals surface area contributed by atoms with Gasteiger partial charge in [-0.3, -0.25) is 4.79 Å². The molecule has 0 spiro atoms. The summed E-state index contributed by atoms with van der Waals surface area (Å²) < 4.78 is 27.8. The average molecular weight is 445 g/mol. The molecule has 0 bridgehead atoms. The number of hydrogen-bond acceptors (Lipinski definition) is 5. The Morgan fingerprint density at radius 1 is 1.28 bits per heavy atom. The first-order valence-electron chi connectivity index (χ1n) is 7.72. The lowest BCUT2D eigenvalue weighted by Crippen LogP contribution is -2.43. The zero-order valence-electron chi connectivity index (χ0n) is 13.2. The van der Waals surface area contributed by atoms with Crippen molar-refractivity contribution in [2.24, 2.45) is 5.92 Å². The maximum absolute atomic E-state index is 12.7. The van der Waals surface area contributed by atoms with Crippen LogP contribution in [-0.2, 0) is 14.8 Å². The second kappa shape index (κ2) is 7.45. The van der Waals surface area contributed by atoms with Crippen LogP contribution in [0, 0.1) is 5.92 Å². The molecule has 1 saturated heterocycles. The molecule has 0 saturated carbocycles. The van der Waals surface area contributed by atoms with E-state index in [1.165, 1.54) is 10.4 Å². The van der Waals surface area contributed by atoms with Crippen molar-refractivity contribution in [1.29, 1.82) is 0 Å². The monoisotopic (exact) mass is 444 g/mol. The van der Waals surface area contributed by atoms with Gasteiger partial charge in [-0.15, -0.1) is 11.3 Å². The fourth-order valence-electron chi connectivity index (χ4n) is 2.75. The first-order valence-corrected chi connectivity index (χ1v) is 10.8. The van der Waals surface area contributed by atoms with E-state index < -0.39 is 15.9 Å². The number of benzene rings is 1. The number of carbonyl (C=O) groups excluding carboxylic acids is 1. The number of nitrogens with one attached hydrogen (secondary N) is 1. The lowest BCUT2D eigenvalue weighted by Gasteiger charge is -2.30. The molecule has 1 aliphatic heterocycles. The predicted octanol–water partition coefficient (Wildman–Crippen LogP) is 3.26. The molecule has 9 heteroatoms. The molecule has 1 atom stereocenters. The number of thiophene rings is 1. The van der Waals surface area contributed by atoms with Crippen LogP contribution in [0.1, 0.15) is 12.8 Å². The number of piperidine rings is 1. The summed E-state index contributed by atoms with van der Waals surface area (Å²) in [6.45, 7) is 0.537. The van der Waals surface area contributed by atoms with E-state index in [-0.39, 0.29) is 22.4 Å². The Morgan fingerprint density at radius 3 is 2.72 bits per heavy atom. The fraction of sp³-hybridized carbons (Fsp3) is 0.312. The summed E-state index contributed by atoms with van der Waals surface area (Å²) in [5.41, 5.74) is 0.328. The van der Waals surface area contributed by atoms with Gasteiger partial charge in [-0.25, -0.2) is 8.42 Å². The van der Waals surface area contributed by atoms with E-state index >= 15 is 0 Å². The van der Waals surface area contributed by atoms with Crippen LogP contribution >= 0.6 is 27.3 Å². The van der Waals surface area contributed by atoms with E-state index in [4.69, 9.17) is 0 Å². The Hall–Kier alpha value is -1.42. The number of amides is 1. The maximum Gasteiger partial charge on any atom is 0.252 e. The molecular weight excluding hydrogens is 428 g/mol. The summed E-state index contributed by atoms with van der Waals surface area (Å²) in [5, 5.41) is 12.4. The number of anilines is 1. The first kappa shape index (κ1) is 18.4. The summed E-state index contributed by atoms with van der Waals surface area (Å²) >= 11 is 4.43. The molecule has 1 fully saturated rings. The Bertz CT molecular complexity index is 882. The number of phenols is 1. The summed E-state index contributed by atoms with van der Waals surface area (Å²) in [5.74, 6) is -0.750. The van der Waals surface area contributed by atoms with Crippen LogP contribution in [0.5, 0.6) is 5.75 Å². The number of sulfonamides is 1. The minimum atomic E-state index is -3.60. The molecule has 25 heavy (non-hydrogen) atoms. The standard InChI is InChI=1S/C16H17BrN2O4S2/c17-14-7-8-15(24-14)25(22,23)19-9-3-4-11(10-19)16(21)18-12-5-1-2-6-13(12)20/h1-2,5-8,11,20H,3-4,9-10H2,(H,18,21)/t11-/m0/s1. The first-order chi connectivity index (χ1) is 11.9. The largest absolute Gasteiger partial charge is 0.506 e. The van der Waals surface area contributed by atoms with Crippen molar-refractivity contribution in [2.75, 3.05) is 18.4 Å². The van der Waals surface area contributed by atoms with E-state index in [9.17, 15) is 18.3 Å². The molecule has 0 unspecified atom stereocenters. The number of rotatable bonds is 4. The fourth-order valence-corrected chi connectivity index (χ4v) is 6.44. The molecule has 1 aromatic heterocycles. The van der Waals surface area contributed by atoms with Gasteiger partial charge in [-0.2, -0.15) is 4.31 Å². The van der Waals surface area contributed by atoms with Crippen molar-refractivity contribution >= 4 is 48.9 Å². The number of nitrogens with zero attached hydrogens (tertiary/aromatic N) is 1. The Kier molecular flexibility index (Phi) is 5.47. The molecule has 6 nitrogen and oxygen atoms in total. The van der Waals surface area contributed by atoms with E-state index in [1.54, 1.807) is 30.3 Å². The topological polar surface area (TPSA) is 86.7 Å². The van der Waals surface area contributed by atoms with Crippen molar-refractivity contribution in [3.05, 3.63) is 40.2 Å². The second-order valence-electron chi connectivity index (χ2n) is 5.77. The summed E-state index contributed by atoms with van der Waals surface area (Å²) in [4.78, 5) is 12.5. The van der Waals surface area contributed by atoms with E-state index in [2.05, 4.69) is 21.2 Å². The minimum absolute atomic E-state index is 0.0143. The molecule has 1 aromatic carbocycles. The van der Waals surface area contributed by atoms with Crippen LogP contribution < -0.4 is 5.32 Å². The second-order valence-corrected chi connectivity index (χ2v) is 10.4. The van der Waals surface area contributed by atoms with Gasteiger partial charge >= 0.3 is 0 Å². The van der Waals surface area contributed by atoms with Gasteiger partial charge in [-0.05, 0) is 53.0 Å². The third-order valence-corrected chi connectivity index (χ3v) is 8.02. The van der Waals surface area contributed by atoms with Crippen molar-refractivity contribution in [2.45, 2.75) is 17.1 Å². The highest BCUT2D eigenvalue weighted by Crippen LogP contribution is 2.31. The highest BCUT2D eigenvalue weighted by molar-refractivity contribution is 9.11. The lowest BCUT2D eigenvalue weighted by molar-refractivity contribution is -0.120. The van der Waals surface area contributed by atoms with Crippen molar-refractivity contribution in [3.63, 3.8) is 0 Å². The van der Waals surface area contributed by atoms with E-state index in [0.29, 0.717) is 25.1 Å². The van der Waals surface area contributed by atoms with Crippen molar-refractivity contribution in [1.82, 2.24) is 4.31 Å². The van der Waals surface area contributed by atoms with Crippen LogP contribution in [0.3, 0.4) is 0 Å². The molecule has 2 heterocycles. The van der Waals surface area contributed by atoms with Gasteiger partial charge in [0.25, 0.3) is 10.0 Å². The molecule has 2 aromatic rings. The smallest absolute Gasteiger partial charge is 0.252 e. The zero-order valence-corrected chi connectivity index (χ0v) is 16.4. The summed E-state index contributed by atoms with van der Waals surface area (Å²) in [7, 11) is -3.60. The average Bonchev–Trinajstić information content (AvgIpc) is 3.04. The van der Waals surface area contributed by atoms with Gasteiger partial charge in [0, 0.05) is 13.1 Å². The molecule has 0 aliphatic carbocycles. The molecule has 3 rings (SSSR count). The number of para-hydroxylation sites is 2. The van der Waals surface area contributed by atoms with Gasteiger partial charge in [0.2, 0.25) is 5.91 Å². The highest BCUT2D eigenvalue weighted by atomic mass is 79.9. The summed E-state index contributed by atoms with van der Waals surface area (Å²) in [6.07, 6.45) is 1.23. The zero-order chi connectivity index (χ0) is 18.0. The molecule has 2 N–H and O–H groups in total. The number of phenolic OH excluding ortho intramolecular Hbond substituents is 1. The molecule has 1 amide bonds. The Balaban J connectivity index is 1.73. The third-order valence-electron chi connectivity index (χ3n) is 4.06. The molecule has 134 valence electrons. The molecule has 0 radical (unpaired) electrons. The lowest BCUT2D eigenvalue weighted by atomic mass is 9.98. The van der Waals surface area contributed by atoms with Gasteiger partial charge in [0.1, 0.15) is 9.96 Å². The van der Waals surface area contributed by atoms with Gasteiger partial charge in [0.15, 0.2) is 0 Å². The van der Waals surface area contributed by atoms with Gasteiger partial charge < -0.3 is 10.4 Å². The van der Waals surface area contributed by atoms with Crippen LogP contribution in [0.2, 0.25) is 0 Å². The van der Waals surface area contributed by atoms with Crippen molar-refractivity contribution in [3.8, 4) is 5.75 Å². The minimum Gasteiger partial charge on any atom is -0.506 e. The third kappa shape index (κ3) is 4.05. The van der Waals surface area contributed by atoms with E-state index in [0.717, 1.165) is 15.1 Å². The highest BCUT2D eigenvalue weighted by Gasteiger charge is 2.34. The maximum atomic E-state index is 12.7. The number of aromatic hydroxyl groups is 1. The SMILES string of the molecule is O=C(Nc1ccccc1O)[C@H]1CCCN(S(=O)(=O)c2ccc(Br)s2)C1. The van der Waals surface area contributed by atoms with Crippen LogP contribution in [0.25, 0.3) is 0 Å². The Morgan fingerprint density at radius 2 is 2.04 bits per heavy atom. The molecule has 1 aliphatic rings. The van der Waals surface area contributed by atoms with Gasteiger partial charge in [-0.1, -0.05) is 12.1 Å². The van der Waals surface area contributed by atoms with Gasteiger partial charge in [0.05, 0.1) is 15.4 Å². The Labute approximate surface area is 158 Å².